The van der Waals surface area contributed by atoms with Gasteiger partial charge in [0.1, 0.15) is 5.32 Å². The molecular formula is C17H33NO6Si2. The predicted octanol–water partition coefficient (Wildman–Crippen LogP) is 1.59. The van der Waals surface area contributed by atoms with Gasteiger partial charge in [0.2, 0.25) is 0 Å². The Morgan fingerprint density at radius 1 is 0.615 bits per heavy atom. The van der Waals surface area contributed by atoms with E-state index in [1.54, 1.807) is 6.20 Å². The zero-order valence-corrected chi connectivity index (χ0v) is 18.9. The fourth-order valence-corrected chi connectivity index (χ4v) is 7.36. The average Bonchev–Trinajstić information content (AvgIpc) is 2.63. The third kappa shape index (κ3) is 5.67. The number of pyridine rings is 1. The lowest BCUT2D eigenvalue weighted by atomic mass is 10.5. The van der Waals surface area contributed by atoms with Crippen molar-refractivity contribution in [1.29, 1.82) is 0 Å². The normalized spacial score (nSPS) is 12.5. The molecule has 0 saturated carbocycles. The Balaban J connectivity index is 3.27. The first kappa shape index (κ1) is 23.4. The maximum Gasteiger partial charge on any atom is 0.556 e. The Kier molecular flexibility index (Phi) is 10.7. The number of hydrogen-bond acceptors (Lipinski definition) is 7. The van der Waals surface area contributed by atoms with Crippen LogP contribution in [0.25, 0.3) is 0 Å². The van der Waals surface area contributed by atoms with Crippen molar-refractivity contribution in [3.63, 3.8) is 0 Å². The summed E-state index contributed by atoms with van der Waals surface area (Å²) in [6.07, 6.45) is 1.74. The molecule has 9 heteroatoms. The fourth-order valence-electron chi connectivity index (χ4n) is 2.62. The summed E-state index contributed by atoms with van der Waals surface area (Å²) in [5.41, 5.74) is 0. The lowest BCUT2D eigenvalue weighted by Crippen LogP contribution is -2.60. The first-order valence-electron chi connectivity index (χ1n) is 9.38. The number of nitrogens with zero attached hydrogens (tertiary/aromatic N) is 1. The van der Waals surface area contributed by atoms with E-state index in [9.17, 15) is 0 Å². The summed E-state index contributed by atoms with van der Waals surface area (Å²) in [6.45, 7) is 14.5. The van der Waals surface area contributed by atoms with Crippen LogP contribution in [-0.4, -0.2) is 62.2 Å². The van der Waals surface area contributed by atoms with Crippen molar-refractivity contribution in [1.82, 2.24) is 4.98 Å². The molecule has 0 aliphatic heterocycles. The highest BCUT2D eigenvalue weighted by Crippen LogP contribution is 2.12. The summed E-state index contributed by atoms with van der Waals surface area (Å²) in [6, 6.07) is 3.80. The van der Waals surface area contributed by atoms with E-state index in [2.05, 4.69) is 4.98 Å². The van der Waals surface area contributed by atoms with Gasteiger partial charge in [-0.25, -0.2) is 0 Å². The van der Waals surface area contributed by atoms with Gasteiger partial charge in [-0.15, -0.1) is 0 Å². The van der Waals surface area contributed by atoms with E-state index in [4.69, 9.17) is 26.6 Å². The minimum absolute atomic E-state index is 0.491. The van der Waals surface area contributed by atoms with Crippen LogP contribution in [0, 0.1) is 0 Å². The first-order valence-corrected chi connectivity index (χ1v) is 12.8. The highest BCUT2D eigenvalue weighted by Gasteiger charge is 2.47. The molecule has 1 heterocycles. The van der Waals surface area contributed by atoms with Crippen LogP contribution in [0.3, 0.4) is 0 Å². The van der Waals surface area contributed by atoms with Gasteiger partial charge in [0, 0.05) is 51.0 Å². The maximum absolute atomic E-state index is 5.94. The molecule has 0 amide bonds. The van der Waals surface area contributed by atoms with E-state index in [-0.39, 0.29) is 0 Å². The summed E-state index contributed by atoms with van der Waals surface area (Å²) in [4.78, 5) is 4.60. The second kappa shape index (κ2) is 11.9. The molecule has 26 heavy (non-hydrogen) atoms. The van der Waals surface area contributed by atoms with Crippen molar-refractivity contribution < 1.29 is 26.6 Å². The van der Waals surface area contributed by atoms with Crippen LogP contribution in [0.4, 0.5) is 0 Å². The third-order valence-electron chi connectivity index (χ3n) is 3.44. The van der Waals surface area contributed by atoms with Crippen molar-refractivity contribution in [2.24, 2.45) is 0 Å². The van der Waals surface area contributed by atoms with Crippen molar-refractivity contribution in [3.05, 3.63) is 18.3 Å². The average molecular weight is 404 g/mol. The molecule has 1 rings (SSSR count). The summed E-state index contributed by atoms with van der Waals surface area (Å²) in [5.74, 6) is 0. The van der Waals surface area contributed by atoms with Crippen molar-refractivity contribution in [2.75, 3.05) is 39.6 Å². The van der Waals surface area contributed by atoms with Crippen molar-refractivity contribution in [3.8, 4) is 0 Å². The number of aromatic nitrogens is 1. The highest BCUT2D eigenvalue weighted by atomic mass is 28.4. The molecule has 7 nitrogen and oxygen atoms in total. The Morgan fingerprint density at radius 2 is 1.00 bits per heavy atom. The van der Waals surface area contributed by atoms with Crippen LogP contribution in [0.5, 0.6) is 0 Å². The molecule has 0 atom stereocenters. The standard InChI is InChI=1S/C17H33NO6Si2/c1-7-19-25(20-8-2,21-9-3)16-13-14-17(18-15-16)26(22-10-4,23-11-5)24-12-6/h13-15H,7-12H2,1-6H3. The zero-order chi connectivity index (χ0) is 19.5. The second-order valence-corrected chi connectivity index (χ2v) is 10.2. The van der Waals surface area contributed by atoms with E-state index < -0.39 is 17.6 Å². The molecule has 1 aromatic heterocycles. The van der Waals surface area contributed by atoms with E-state index in [0.717, 1.165) is 5.19 Å². The van der Waals surface area contributed by atoms with Gasteiger partial charge in [0.05, 0.1) is 0 Å². The predicted molar refractivity (Wildman–Crippen MR) is 105 cm³/mol. The van der Waals surface area contributed by atoms with Crippen LogP contribution >= 0.6 is 0 Å². The molecule has 0 radical (unpaired) electrons. The van der Waals surface area contributed by atoms with Gasteiger partial charge < -0.3 is 26.6 Å². The summed E-state index contributed by atoms with van der Waals surface area (Å²) < 4.78 is 35.6. The Bertz CT molecular complexity index is 423. The molecule has 150 valence electrons. The van der Waals surface area contributed by atoms with Crippen LogP contribution in [-0.2, 0) is 26.6 Å². The molecule has 0 aromatic carbocycles. The minimum atomic E-state index is -3.03. The van der Waals surface area contributed by atoms with Crippen LogP contribution in [0.2, 0.25) is 0 Å². The fraction of sp³-hybridized carbons (Fsp3) is 0.706. The van der Waals surface area contributed by atoms with Crippen molar-refractivity contribution >= 4 is 28.1 Å². The highest BCUT2D eigenvalue weighted by molar-refractivity contribution is 6.76. The van der Waals surface area contributed by atoms with Gasteiger partial charge >= 0.3 is 17.6 Å². The molecule has 0 bridgehead atoms. The Hall–Kier alpha value is -0.656. The molecule has 0 spiro atoms. The maximum atomic E-state index is 5.94. The number of hydrogen-bond donors (Lipinski definition) is 0. The lowest BCUT2D eigenvalue weighted by molar-refractivity contribution is 0.0837. The molecule has 0 aliphatic rings. The zero-order valence-electron chi connectivity index (χ0n) is 16.9. The lowest BCUT2D eigenvalue weighted by Gasteiger charge is -2.30. The topological polar surface area (TPSA) is 68.3 Å². The van der Waals surface area contributed by atoms with E-state index >= 15 is 0 Å². The SMILES string of the molecule is CCO[Si](OCC)(OCC)c1ccc([Si](OCC)(OCC)OCC)nc1. The van der Waals surface area contributed by atoms with Crippen LogP contribution < -0.4 is 10.5 Å². The van der Waals surface area contributed by atoms with Gasteiger partial charge in [-0.3, -0.25) is 4.98 Å². The summed E-state index contributed by atoms with van der Waals surface area (Å²) in [7, 11) is -6.01. The Morgan fingerprint density at radius 3 is 1.31 bits per heavy atom. The van der Waals surface area contributed by atoms with Gasteiger partial charge in [0.15, 0.2) is 0 Å². The second-order valence-electron chi connectivity index (χ2n) is 5.14. The molecule has 0 aliphatic carbocycles. The van der Waals surface area contributed by atoms with Gasteiger partial charge in [0.25, 0.3) is 0 Å². The molecule has 0 unspecified atom stereocenters. The molecule has 0 saturated heterocycles. The quantitative estimate of drug-likeness (QED) is 0.437. The van der Waals surface area contributed by atoms with Crippen molar-refractivity contribution in [2.45, 2.75) is 41.5 Å². The monoisotopic (exact) mass is 403 g/mol. The van der Waals surface area contributed by atoms with Crippen LogP contribution in [0.15, 0.2) is 18.3 Å². The first-order chi connectivity index (χ1) is 12.6. The van der Waals surface area contributed by atoms with Gasteiger partial charge in [-0.1, -0.05) is 6.07 Å². The van der Waals surface area contributed by atoms with Crippen LogP contribution in [0.1, 0.15) is 41.5 Å². The molecule has 0 fully saturated rings. The largest absolute Gasteiger partial charge is 0.556 e. The molecule has 0 N–H and O–H groups in total. The minimum Gasteiger partial charge on any atom is -0.370 e. The summed E-state index contributed by atoms with van der Waals surface area (Å²) in [5, 5.41) is 1.50. The smallest absolute Gasteiger partial charge is 0.370 e. The van der Waals surface area contributed by atoms with Gasteiger partial charge in [-0.05, 0) is 47.6 Å². The Labute approximate surface area is 159 Å². The van der Waals surface area contributed by atoms with E-state index in [1.165, 1.54) is 0 Å². The van der Waals surface area contributed by atoms with E-state index in [0.29, 0.717) is 45.0 Å². The van der Waals surface area contributed by atoms with Gasteiger partial charge in [-0.2, -0.15) is 0 Å². The number of rotatable bonds is 14. The summed E-state index contributed by atoms with van der Waals surface area (Å²) >= 11 is 0. The molecule has 1 aromatic rings. The third-order valence-corrected chi connectivity index (χ3v) is 9.38. The molecular weight excluding hydrogens is 370 g/mol. The van der Waals surface area contributed by atoms with E-state index in [1.807, 2.05) is 53.7 Å².